The van der Waals surface area contributed by atoms with Gasteiger partial charge in [-0.3, -0.25) is 0 Å². The highest BCUT2D eigenvalue weighted by atomic mass is 79.9. The fraction of sp³-hybridized carbons (Fsp3) is 0.0625. The van der Waals surface area contributed by atoms with Crippen molar-refractivity contribution >= 4 is 55.7 Å². The molecule has 0 unspecified atom stereocenters. The Balaban J connectivity index is 1.79. The third-order valence-electron chi connectivity index (χ3n) is 3.18. The lowest BCUT2D eigenvalue weighted by atomic mass is 10.1. The zero-order valence-corrected chi connectivity index (χ0v) is 14.5. The minimum Gasteiger partial charge on any atom is -0.423 e. The molecule has 116 valence electrons. The zero-order valence-electron chi connectivity index (χ0n) is 12.1. The van der Waals surface area contributed by atoms with Crippen LogP contribution in [0.3, 0.4) is 0 Å². The molecule has 0 radical (unpaired) electrons. The van der Waals surface area contributed by atoms with Gasteiger partial charge in [0.05, 0.1) is 0 Å². The van der Waals surface area contributed by atoms with E-state index < -0.39 is 0 Å². The number of anilines is 2. The molecule has 0 aliphatic heterocycles. The van der Waals surface area contributed by atoms with Gasteiger partial charge < -0.3 is 15.1 Å². The molecule has 1 aromatic carbocycles. The van der Waals surface area contributed by atoms with Gasteiger partial charge in [0.15, 0.2) is 5.11 Å². The van der Waals surface area contributed by atoms with Gasteiger partial charge in [-0.05, 0) is 64.9 Å². The number of pyridine rings is 1. The Hall–Kier alpha value is -2.25. The Bertz CT molecular complexity index is 938. The van der Waals surface area contributed by atoms with Crippen molar-refractivity contribution in [3.8, 4) is 0 Å². The standard InChI is InChI=1S/C16H12BrN3O2S/c1-9-6-15(21)22-13-7-11(3-4-12(9)13)19-16(23)20-14-5-2-10(17)8-18-14/h2-8H,1H3,(H2,18,19,20,23). The fourth-order valence-electron chi connectivity index (χ4n) is 2.13. The van der Waals surface area contributed by atoms with E-state index in [1.807, 2.05) is 25.1 Å². The van der Waals surface area contributed by atoms with E-state index in [1.54, 1.807) is 18.3 Å². The normalized spacial score (nSPS) is 10.5. The summed E-state index contributed by atoms with van der Waals surface area (Å²) in [4.78, 5) is 15.7. The number of nitrogens with zero attached hydrogens (tertiary/aromatic N) is 1. The highest BCUT2D eigenvalue weighted by Gasteiger charge is 2.05. The first-order valence-corrected chi connectivity index (χ1v) is 7.95. The molecule has 3 rings (SSSR count). The minimum absolute atomic E-state index is 0.369. The van der Waals surface area contributed by atoms with Crippen molar-refractivity contribution in [2.75, 3.05) is 10.6 Å². The van der Waals surface area contributed by atoms with Gasteiger partial charge in [0.25, 0.3) is 0 Å². The molecule has 2 N–H and O–H groups in total. The van der Waals surface area contributed by atoms with E-state index in [1.165, 1.54) is 6.07 Å². The van der Waals surface area contributed by atoms with Gasteiger partial charge in [0, 0.05) is 33.9 Å². The van der Waals surface area contributed by atoms with Crippen LogP contribution in [0.25, 0.3) is 11.0 Å². The predicted molar refractivity (Wildman–Crippen MR) is 99.0 cm³/mol. The molecule has 0 fully saturated rings. The van der Waals surface area contributed by atoms with Gasteiger partial charge in [-0.2, -0.15) is 0 Å². The van der Waals surface area contributed by atoms with Crippen LogP contribution < -0.4 is 16.3 Å². The summed E-state index contributed by atoms with van der Waals surface area (Å²) in [6, 6.07) is 10.6. The third kappa shape index (κ3) is 3.75. The first kappa shape index (κ1) is 15.6. The monoisotopic (exact) mass is 389 g/mol. The summed E-state index contributed by atoms with van der Waals surface area (Å²) in [5.41, 5.74) is 1.75. The summed E-state index contributed by atoms with van der Waals surface area (Å²) < 4.78 is 6.11. The van der Waals surface area contributed by atoms with Crippen molar-refractivity contribution in [2.45, 2.75) is 6.92 Å². The topological polar surface area (TPSA) is 67.2 Å². The summed E-state index contributed by atoms with van der Waals surface area (Å²) >= 11 is 8.58. The number of hydrogen-bond acceptors (Lipinski definition) is 4. The lowest BCUT2D eigenvalue weighted by Crippen LogP contribution is -2.19. The van der Waals surface area contributed by atoms with Gasteiger partial charge in [0.1, 0.15) is 11.4 Å². The average Bonchev–Trinajstić information content (AvgIpc) is 2.49. The van der Waals surface area contributed by atoms with E-state index in [4.69, 9.17) is 16.6 Å². The van der Waals surface area contributed by atoms with Crippen molar-refractivity contribution in [3.05, 3.63) is 63.1 Å². The molecule has 2 aromatic heterocycles. The molecular weight excluding hydrogens is 378 g/mol. The number of aromatic nitrogens is 1. The molecule has 0 aliphatic carbocycles. The Labute approximate surface area is 145 Å². The molecule has 2 heterocycles. The lowest BCUT2D eigenvalue weighted by molar-refractivity contribution is 0.560. The molecule has 0 saturated carbocycles. The summed E-state index contributed by atoms with van der Waals surface area (Å²) in [5, 5.41) is 7.32. The van der Waals surface area contributed by atoms with Crippen molar-refractivity contribution in [2.24, 2.45) is 0 Å². The van der Waals surface area contributed by atoms with E-state index in [9.17, 15) is 4.79 Å². The largest absolute Gasteiger partial charge is 0.423 e. The highest BCUT2D eigenvalue weighted by Crippen LogP contribution is 2.21. The quantitative estimate of drug-likeness (QED) is 0.508. The molecule has 0 aliphatic rings. The molecule has 0 spiro atoms. The van der Waals surface area contributed by atoms with Crippen LogP contribution in [0.5, 0.6) is 0 Å². The number of hydrogen-bond donors (Lipinski definition) is 2. The summed E-state index contributed by atoms with van der Waals surface area (Å²) in [5.74, 6) is 0.633. The molecule has 5 nitrogen and oxygen atoms in total. The Kier molecular flexibility index (Phi) is 4.40. The van der Waals surface area contributed by atoms with Crippen LogP contribution in [-0.4, -0.2) is 10.1 Å². The van der Waals surface area contributed by atoms with E-state index in [0.29, 0.717) is 16.5 Å². The smallest absolute Gasteiger partial charge is 0.336 e. The van der Waals surface area contributed by atoms with Gasteiger partial charge >= 0.3 is 5.63 Å². The maximum atomic E-state index is 11.5. The van der Waals surface area contributed by atoms with Gasteiger partial charge in [-0.1, -0.05) is 0 Å². The molecule has 0 atom stereocenters. The Morgan fingerprint density at radius 3 is 2.78 bits per heavy atom. The molecule has 7 heteroatoms. The van der Waals surface area contributed by atoms with Crippen molar-refractivity contribution in [3.63, 3.8) is 0 Å². The Morgan fingerprint density at radius 2 is 2.04 bits per heavy atom. The van der Waals surface area contributed by atoms with Gasteiger partial charge in [-0.25, -0.2) is 9.78 Å². The molecular formula is C16H12BrN3O2S. The van der Waals surface area contributed by atoms with Crippen LogP contribution in [0.1, 0.15) is 5.56 Å². The minimum atomic E-state index is -0.369. The molecule has 3 aromatic rings. The van der Waals surface area contributed by atoms with Crippen LogP contribution >= 0.6 is 28.1 Å². The number of halogens is 1. The number of fused-ring (bicyclic) bond motifs is 1. The first-order valence-electron chi connectivity index (χ1n) is 6.75. The molecule has 0 bridgehead atoms. The molecule has 23 heavy (non-hydrogen) atoms. The Morgan fingerprint density at radius 1 is 1.22 bits per heavy atom. The van der Waals surface area contributed by atoms with Crippen LogP contribution in [0, 0.1) is 6.92 Å². The summed E-state index contributed by atoms with van der Waals surface area (Å²) in [6.45, 7) is 1.87. The summed E-state index contributed by atoms with van der Waals surface area (Å²) in [6.07, 6.45) is 1.68. The number of nitrogens with one attached hydrogen (secondary N) is 2. The fourth-order valence-corrected chi connectivity index (χ4v) is 2.59. The van der Waals surface area contributed by atoms with E-state index in [-0.39, 0.29) is 5.63 Å². The molecule has 0 saturated heterocycles. The number of benzene rings is 1. The zero-order chi connectivity index (χ0) is 16.4. The van der Waals surface area contributed by atoms with Crippen LogP contribution in [0.4, 0.5) is 11.5 Å². The van der Waals surface area contributed by atoms with E-state index >= 15 is 0 Å². The van der Waals surface area contributed by atoms with E-state index in [2.05, 4.69) is 31.5 Å². The number of aryl methyl sites for hydroxylation is 1. The second-order valence-electron chi connectivity index (χ2n) is 4.90. The van der Waals surface area contributed by atoms with Crippen LogP contribution in [0.15, 0.2) is 56.3 Å². The maximum absolute atomic E-state index is 11.5. The van der Waals surface area contributed by atoms with Gasteiger partial charge in [0.2, 0.25) is 0 Å². The first-order chi connectivity index (χ1) is 11.0. The average molecular weight is 390 g/mol. The second kappa shape index (κ2) is 6.47. The van der Waals surface area contributed by atoms with Crippen LogP contribution in [-0.2, 0) is 0 Å². The lowest BCUT2D eigenvalue weighted by Gasteiger charge is -2.10. The number of rotatable bonds is 2. The third-order valence-corrected chi connectivity index (χ3v) is 3.85. The van der Waals surface area contributed by atoms with Crippen molar-refractivity contribution in [1.29, 1.82) is 0 Å². The van der Waals surface area contributed by atoms with E-state index in [0.717, 1.165) is 21.1 Å². The highest BCUT2D eigenvalue weighted by molar-refractivity contribution is 9.10. The molecule has 0 amide bonds. The summed E-state index contributed by atoms with van der Waals surface area (Å²) in [7, 11) is 0. The maximum Gasteiger partial charge on any atom is 0.336 e. The SMILES string of the molecule is Cc1cc(=O)oc2cc(NC(=S)Nc3ccc(Br)cn3)ccc12. The predicted octanol–water partition coefficient (Wildman–Crippen LogP) is 4.07. The second-order valence-corrected chi connectivity index (χ2v) is 6.22. The van der Waals surface area contributed by atoms with Crippen molar-refractivity contribution in [1.82, 2.24) is 4.98 Å². The number of thiocarbonyl (C=S) groups is 1. The van der Waals surface area contributed by atoms with Gasteiger partial charge in [-0.15, -0.1) is 0 Å². The van der Waals surface area contributed by atoms with Crippen LogP contribution in [0.2, 0.25) is 0 Å². The van der Waals surface area contributed by atoms with Crippen molar-refractivity contribution < 1.29 is 4.42 Å².